The molecule has 15 heavy (non-hydrogen) atoms. The highest BCUT2D eigenvalue weighted by Crippen LogP contribution is 2.25. The van der Waals surface area contributed by atoms with E-state index in [1.807, 2.05) is 0 Å². The van der Waals surface area contributed by atoms with Gasteiger partial charge in [0.15, 0.2) is 0 Å². The van der Waals surface area contributed by atoms with Gasteiger partial charge in [0.2, 0.25) is 0 Å². The van der Waals surface area contributed by atoms with Crippen LogP contribution in [-0.2, 0) is 4.74 Å². The maximum absolute atomic E-state index is 5.36. The molecule has 0 unspecified atom stereocenters. The lowest BCUT2D eigenvalue weighted by atomic mass is 9.81. The van der Waals surface area contributed by atoms with Crippen molar-refractivity contribution in [1.82, 2.24) is 5.32 Å². The largest absolute Gasteiger partial charge is 0.381 e. The first-order valence-electron chi connectivity index (χ1n) is 6.31. The number of nitrogens with one attached hydrogen (secondary N) is 1. The van der Waals surface area contributed by atoms with Gasteiger partial charge in [0.05, 0.1) is 0 Å². The Hall–Kier alpha value is -0.0800. The molecule has 0 atom stereocenters. The van der Waals surface area contributed by atoms with E-state index in [9.17, 15) is 0 Å². The second kappa shape index (κ2) is 5.86. The first-order chi connectivity index (χ1) is 7.02. The summed E-state index contributed by atoms with van der Waals surface area (Å²) in [7, 11) is 0. The molecule has 0 bridgehead atoms. The Labute approximate surface area is 94.8 Å². The summed E-state index contributed by atoms with van der Waals surface area (Å²) < 4.78 is 5.36. The van der Waals surface area contributed by atoms with Gasteiger partial charge < -0.3 is 10.1 Å². The van der Waals surface area contributed by atoms with Crippen LogP contribution in [-0.4, -0.2) is 26.3 Å². The SMILES string of the molecule is CC(C)C(C)(C)CNCC1CCOCC1. The van der Waals surface area contributed by atoms with Crippen LogP contribution in [0.4, 0.5) is 0 Å². The van der Waals surface area contributed by atoms with Gasteiger partial charge in [0.1, 0.15) is 0 Å². The molecule has 2 heteroatoms. The maximum atomic E-state index is 5.36. The van der Waals surface area contributed by atoms with Crippen LogP contribution in [0.25, 0.3) is 0 Å². The quantitative estimate of drug-likeness (QED) is 0.758. The zero-order valence-electron chi connectivity index (χ0n) is 10.8. The Morgan fingerprint density at radius 2 is 1.87 bits per heavy atom. The molecule has 0 saturated carbocycles. The van der Waals surface area contributed by atoms with Crippen LogP contribution in [0.1, 0.15) is 40.5 Å². The maximum Gasteiger partial charge on any atom is 0.0469 e. The van der Waals surface area contributed by atoms with Crippen molar-refractivity contribution in [3.63, 3.8) is 0 Å². The Bertz CT molecular complexity index is 171. The molecular weight excluding hydrogens is 186 g/mol. The van der Waals surface area contributed by atoms with Crippen molar-refractivity contribution in [1.29, 1.82) is 0 Å². The predicted molar refractivity (Wildman–Crippen MR) is 65.0 cm³/mol. The third-order valence-corrected chi connectivity index (χ3v) is 3.92. The Kier molecular flexibility index (Phi) is 5.07. The second-order valence-corrected chi connectivity index (χ2v) is 5.83. The molecular formula is C13H27NO. The first-order valence-corrected chi connectivity index (χ1v) is 6.31. The lowest BCUT2D eigenvalue weighted by Gasteiger charge is -2.31. The first kappa shape index (κ1) is 13.0. The van der Waals surface area contributed by atoms with Gasteiger partial charge in [-0.05, 0) is 36.6 Å². The second-order valence-electron chi connectivity index (χ2n) is 5.83. The van der Waals surface area contributed by atoms with Crippen molar-refractivity contribution in [3.8, 4) is 0 Å². The van der Waals surface area contributed by atoms with Crippen molar-refractivity contribution in [2.75, 3.05) is 26.3 Å². The number of hydrogen-bond acceptors (Lipinski definition) is 2. The molecule has 90 valence electrons. The van der Waals surface area contributed by atoms with E-state index in [0.29, 0.717) is 5.41 Å². The monoisotopic (exact) mass is 213 g/mol. The Balaban J connectivity index is 2.14. The molecule has 0 spiro atoms. The lowest BCUT2D eigenvalue weighted by Crippen LogP contribution is -2.37. The van der Waals surface area contributed by atoms with E-state index in [-0.39, 0.29) is 0 Å². The molecule has 1 aliphatic rings. The molecule has 0 aliphatic carbocycles. The van der Waals surface area contributed by atoms with E-state index in [0.717, 1.165) is 31.6 Å². The molecule has 0 aromatic rings. The lowest BCUT2D eigenvalue weighted by molar-refractivity contribution is 0.0650. The van der Waals surface area contributed by atoms with Gasteiger partial charge in [-0.2, -0.15) is 0 Å². The predicted octanol–water partition coefficient (Wildman–Crippen LogP) is 2.68. The molecule has 0 aromatic heterocycles. The highest BCUT2D eigenvalue weighted by Gasteiger charge is 2.22. The van der Waals surface area contributed by atoms with Crippen LogP contribution in [0.2, 0.25) is 0 Å². The van der Waals surface area contributed by atoms with E-state index in [1.54, 1.807) is 0 Å². The normalized spacial score (nSPS) is 19.8. The highest BCUT2D eigenvalue weighted by molar-refractivity contribution is 4.76. The van der Waals surface area contributed by atoms with E-state index in [1.165, 1.54) is 19.4 Å². The topological polar surface area (TPSA) is 21.3 Å². The fourth-order valence-corrected chi connectivity index (χ4v) is 1.75. The molecule has 1 N–H and O–H groups in total. The molecule has 0 amide bonds. The van der Waals surface area contributed by atoms with Crippen molar-refractivity contribution in [2.24, 2.45) is 17.3 Å². The van der Waals surface area contributed by atoms with Gasteiger partial charge in [-0.25, -0.2) is 0 Å². The molecule has 0 aromatic carbocycles. The average Bonchev–Trinajstić information content (AvgIpc) is 2.19. The van der Waals surface area contributed by atoms with Crippen LogP contribution in [0.15, 0.2) is 0 Å². The summed E-state index contributed by atoms with van der Waals surface area (Å²) in [4.78, 5) is 0. The van der Waals surface area contributed by atoms with Gasteiger partial charge >= 0.3 is 0 Å². The third kappa shape index (κ3) is 4.52. The molecule has 1 rings (SSSR count). The summed E-state index contributed by atoms with van der Waals surface area (Å²) in [5.74, 6) is 1.57. The highest BCUT2D eigenvalue weighted by atomic mass is 16.5. The molecule has 1 fully saturated rings. The minimum absolute atomic E-state index is 0.408. The van der Waals surface area contributed by atoms with Crippen LogP contribution >= 0.6 is 0 Å². The van der Waals surface area contributed by atoms with E-state index >= 15 is 0 Å². The van der Waals surface area contributed by atoms with Crippen molar-refractivity contribution < 1.29 is 4.74 Å². The molecule has 0 radical (unpaired) electrons. The van der Waals surface area contributed by atoms with Gasteiger partial charge in [0.25, 0.3) is 0 Å². The standard InChI is InChI=1S/C13H27NO/c1-11(2)13(3,4)10-14-9-12-5-7-15-8-6-12/h11-12,14H,5-10H2,1-4H3. The van der Waals surface area contributed by atoms with E-state index in [4.69, 9.17) is 4.74 Å². The van der Waals surface area contributed by atoms with Gasteiger partial charge in [-0.3, -0.25) is 0 Å². The molecule has 2 nitrogen and oxygen atoms in total. The molecule has 1 aliphatic heterocycles. The summed E-state index contributed by atoms with van der Waals surface area (Å²) in [6.45, 7) is 13.5. The van der Waals surface area contributed by atoms with Gasteiger partial charge in [0, 0.05) is 19.8 Å². The summed E-state index contributed by atoms with van der Waals surface area (Å²) in [5.41, 5.74) is 0.408. The van der Waals surface area contributed by atoms with Crippen LogP contribution in [0.3, 0.4) is 0 Å². The van der Waals surface area contributed by atoms with Gasteiger partial charge in [-0.1, -0.05) is 27.7 Å². The smallest absolute Gasteiger partial charge is 0.0469 e. The summed E-state index contributed by atoms with van der Waals surface area (Å²) in [5, 5.41) is 3.62. The van der Waals surface area contributed by atoms with Crippen molar-refractivity contribution in [3.05, 3.63) is 0 Å². The number of rotatable bonds is 5. The fraction of sp³-hybridized carbons (Fsp3) is 1.00. The Morgan fingerprint density at radius 3 is 2.40 bits per heavy atom. The zero-order chi connectivity index (χ0) is 11.3. The summed E-state index contributed by atoms with van der Waals surface area (Å²) >= 11 is 0. The fourth-order valence-electron chi connectivity index (χ4n) is 1.75. The third-order valence-electron chi connectivity index (χ3n) is 3.92. The number of ether oxygens (including phenoxy) is 1. The van der Waals surface area contributed by atoms with E-state index < -0.39 is 0 Å². The number of hydrogen-bond donors (Lipinski definition) is 1. The molecule has 1 saturated heterocycles. The van der Waals surface area contributed by atoms with Gasteiger partial charge in [-0.15, -0.1) is 0 Å². The van der Waals surface area contributed by atoms with Crippen molar-refractivity contribution in [2.45, 2.75) is 40.5 Å². The zero-order valence-corrected chi connectivity index (χ0v) is 10.8. The minimum Gasteiger partial charge on any atom is -0.381 e. The van der Waals surface area contributed by atoms with Crippen molar-refractivity contribution >= 4 is 0 Å². The molecule has 1 heterocycles. The van der Waals surface area contributed by atoms with Crippen LogP contribution < -0.4 is 5.32 Å². The average molecular weight is 213 g/mol. The van der Waals surface area contributed by atoms with Crippen LogP contribution in [0.5, 0.6) is 0 Å². The summed E-state index contributed by atoms with van der Waals surface area (Å²) in [6.07, 6.45) is 2.46. The van der Waals surface area contributed by atoms with E-state index in [2.05, 4.69) is 33.0 Å². The Morgan fingerprint density at radius 1 is 1.27 bits per heavy atom. The summed E-state index contributed by atoms with van der Waals surface area (Å²) in [6, 6.07) is 0. The van der Waals surface area contributed by atoms with Crippen LogP contribution in [0, 0.1) is 17.3 Å². The minimum atomic E-state index is 0.408.